The summed E-state index contributed by atoms with van der Waals surface area (Å²) in [7, 11) is 1.64. The van der Waals surface area contributed by atoms with Crippen LogP contribution in [0, 0.1) is 0 Å². The van der Waals surface area contributed by atoms with Crippen LogP contribution in [0.15, 0.2) is 35.2 Å². The summed E-state index contributed by atoms with van der Waals surface area (Å²) in [5.41, 5.74) is 1.02. The summed E-state index contributed by atoms with van der Waals surface area (Å²) in [6.07, 6.45) is 6.17. The summed E-state index contributed by atoms with van der Waals surface area (Å²) < 4.78 is 10.1. The van der Waals surface area contributed by atoms with Gasteiger partial charge in [0, 0.05) is 6.54 Å². The second-order valence-corrected chi connectivity index (χ2v) is 6.42. The van der Waals surface area contributed by atoms with Crippen LogP contribution < -0.4 is 4.74 Å². The van der Waals surface area contributed by atoms with Gasteiger partial charge < -0.3 is 14.2 Å². The van der Waals surface area contributed by atoms with Crippen molar-refractivity contribution in [2.75, 3.05) is 13.7 Å². The number of ether oxygens (including phenoxy) is 1. The van der Waals surface area contributed by atoms with Gasteiger partial charge in [0.15, 0.2) is 5.82 Å². The molecule has 1 amide bonds. The molecular weight excluding hydrogens is 318 g/mol. The molecule has 2 atom stereocenters. The van der Waals surface area contributed by atoms with Gasteiger partial charge in [-0.1, -0.05) is 37.1 Å². The second kappa shape index (κ2) is 8.14. The molecule has 1 aromatic heterocycles. The molecule has 0 radical (unpaired) electrons. The number of carbonyl (C=O) groups is 1. The predicted molar refractivity (Wildman–Crippen MR) is 93.2 cm³/mol. The largest absolute Gasteiger partial charge is 0.497 e. The van der Waals surface area contributed by atoms with Crippen molar-refractivity contribution in [3.63, 3.8) is 0 Å². The highest BCUT2D eigenvalue weighted by Crippen LogP contribution is 2.33. The smallest absolute Gasteiger partial charge is 0.230 e. The molecule has 1 aromatic carbocycles. The number of rotatable bonds is 5. The Morgan fingerprint density at radius 1 is 1.32 bits per heavy atom. The maximum atomic E-state index is 13.4. The second-order valence-electron chi connectivity index (χ2n) is 6.42. The van der Waals surface area contributed by atoms with Crippen molar-refractivity contribution >= 4 is 5.91 Å². The van der Waals surface area contributed by atoms with Gasteiger partial charge in [0.05, 0.1) is 19.1 Å². The van der Waals surface area contributed by atoms with Gasteiger partial charge in [-0.2, -0.15) is 4.98 Å². The minimum atomic E-state index is -0.168. The number of hydrogen-bond donors (Lipinski definition) is 0. The first-order chi connectivity index (χ1) is 12.2. The van der Waals surface area contributed by atoms with E-state index < -0.39 is 0 Å². The first-order valence-corrected chi connectivity index (χ1v) is 8.95. The van der Waals surface area contributed by atoms with E-state index in [2.05, 4.69) is 10.1 Å². The highest BCUT2D eigenvalue weighted by Gasteiger charge is 2.33. The van der Waals surface area contributed by atoms with Crippen LogP contribution in [-0.4, -0.2) is 34.6 Å². The Morgan fingerprint density at radius 2 is 2.12 bits per heavy atom. The number of likely N-dealkylation sites (tertiary alicyclic amines) is 1. The molecule has 0 saturated carbocycles. The summed E-state index contributed by atoms with van der Waals surface area (Å²) in [6, 6.07) is 7.67. The number of carbonyl (C=O) groups excluding carboxylic acids is 1. The average molecular weight is 343 g/mol. The molecule has 1 saturated heterocycles. The van der Waals surface area contributed by atoms with E-state index in [0.29, 0.717) is 5.82 Å². The van der Waals surface area contributed by atoms with Crippen molar-refractivity contribution in [1.82, 2.24) is 15.0 Å². The van der Waals surface area contributed by atoms with Gasteiger partial charge in [-0.25, -0.2) is 0 Å². The Bertz CT molecular complexity index is 670. The van der Waals surface area contributed by atoms with E-state index in [-0.39, 0.29) is 17.9 Å². The molecule has 1 fully saturated rings. The van der Waals surface area contributed by atoms with Gasteiger partial charge in [-0.3, -0.25) is 4.79 Å². The molecule has 1 aliphatic rings. The minimum absolute atomic E-state index is 0.0963. The van der Waals surface area contributed by atoms with E-state index in [4.69, 9.17) is 9.26 Å². The van der Waals surface area contributed by atoms with E-state index in [0.717, 1.165) is 50.0 Å². The number of hydrogen-bond acceptors (Lipinski definition) is 5. The summed E-state index contributed by atoms with van der Waals surface area (Å²) in [5, 5.41) is 4.00. The average Bonchev–Trinajstić information content (AvgIpc) is 3.07. The lowest BCUT2D eigenvalue weighted by Gasteiger charge is -2.31. The van der Waals surface area contributed by atoms with Crippen molar-refractivity contribution in [3.05, 3.63) is 42.0 Å². The third kappa shape index (κ3) is 3.83. The molecule has 0 aliphatic carbocycles. The maximum absolute atomic E-state index is 13.4. The van der Waals surface area contributed by atoms with Crippen LogP contribution >= 0.6 is 0 Å². The normalized spacial score (nSPS) is 19.3. The fourth-order valence-corrected chi connectivity index (χ4v) is 3.56. The molecular formula is C19H25N3O3. The summed E-state index contributed by atoms with van der Waals surface area (Å²) in [4.78, 5) is 19.5. The fraction of sp³-hybridized carbons (Fsp3) is 0.526. The van der Waals surface area contributed by atoms with Gasteiger partial charge >= 0.3 is 0 Å². The van der Waals surface area contributed by atoms with Gasteiger partial charge in [0.25, 0.3) is 0 Å². The number of aromatic nitrogens is 2. The Balaban J connectivity index is 1.85. The van der Waals surface area contributed by atoms with Gasteiger partial charge in [0.2, 0.25) is 12.3 Å². The van der Waals surface area contributed by atoms with Crippen LogP contribution in [0.3, 0.4) is 0 Å². The number of amides is 1. The predicted octanol–water partition coefficient (Wildman–Crippen LogP) is 3.72. The molecule has 6 heteroatoms. The van der Waals surface area contributed by atoms with Crippen molar-refractivity contribution in [1.29, 1.82) is 0 Å². The lowest BCUT2D eigenvalue weighted by atomic mass is 9.94. The van der Waals surface area contributed by atoms with E-state index in [1.54, 1.807) is 7.11 Å². The van der Waals surface area contributed by atoms with Crippen molar-refractivity contribution in [2.45, 2.75) is 51.0 Å². The van der Waals surface area contributed by atoms with E-state index in [1.165, 1.54) is 6.39 Å². The summed E-state index contributed by atoms with van der Waals surface area (Å²) in [5.74, 6) is 1.38. The van der Waals surface area contributed by atoms with Crippen LogP contribution in [-0.2, 0) is 4.79 Å². The van der Waals surface area contributed by atoms with Crippen LogP contribution in [0.25, 0.3) is 0 Å². The van der Waals surface area contributed by atoms with E-state index >= 15 is 0 Å². The van der Waals surface area contributed by atoms with Crippen molar-refractivity contribution in [3.8, 4) is 5.75 Å². The first kappa shape index (κ1) is 17.5. The Kier molecular flexibility index (Phi) is 5.68. The molecule has 6 nitrogen and oxygen atoms in total. The Morgan fingerprint density at radius 3 is 2.76 bits per heavy atom. The zero-order chi connectivity index (χ0) is 17.6. The zero-order valence-electron chi connectivity index (χ0n) is 14.9. The number of nitrogens with zero attached hydrogens (tertiary/aromatic N) is 3. The van der Waals surface area contributed by atoms with Crippen molar-refractivity contribution in [2.24, 2.45) is 0 Å². The first-order valence-electron chi connectivity index (χ1n) is 8.95. The molecule has 25 heavy (non-hydrogen) atoms. The SMILES string of the molecule is CCC(C(=O)N1CCCCCC1c1ncon1)c1ccc(OC)cc1. The lowest BCUT2D eigenvalue weighted by molar-refractivity contribution is -0.135. The molecule has 0 N–H and O–H groups in total. The third-order valence-electron chi connectivity index (χ3n) is 4.94. The number of benzene rings is 1. The quantitative estimate of drug-likeness (QED) is 0.828. The van der Waals surface area contributed by atoms with Crippen molar-refractivity contribution < 1.29 is 14.1 Å². The van der Waals surface area contributed by atoms with Crippen LogP contribution in [0.2, 0.25) is 0 Å². The third-order valence-corrected chi connectivity index (χ3v) is 4.94. The highest BCUT2D eigenvalue weighted by atomic mass is 16.5. The van der Waals surface area contributed by atoms with Crippen LogP contribution in [0.1, 0.15) is 62.4 Å². The topological polar surface area (TPSA) is 68.5 Å². The number of methoxy groups -OCH3 is 1. The molecule has 134 valence electrons. The molecule has 2 heterocycles. The maximum Gasteiger partial charge on any atom is 0.230 e. The van der Waals surface area contributed by atoms with Crippen LogP contribution in [0.4, 0.5) is 0 Å². The standard InChI is InChI=1S/C19H25N3O3/c1-3-16(14-8-10-15(24-2)11-9-14)19(23)22-12-6-4-5-7-17(22)18-20-13-25-21-18/h8-11,13,16-17H,3-7,12H2,1-2H3. The van der Waals surface area contributed by atoms with Gasteiger partial charge in [-0.05, 0) is 37.0 Å². The van der Waals surface area contributed by atoms with E-state index in [9.17, 15) is 4.79 Å². The Hall–Kier alpha value is -2.37. The summed E-state index contributed by atoms with van der Waals surface area (Å²) >= 11 is 0. The molecule has 1 aliphatic heterocycles. The van der Waals surface area contributed by atoms with E-state index in [1.807, 2.05) is 36.1 Å². The molecule has 0 spiro atoms. The molecule has 0 bridgehead atoms. The Labute approximate surface area is 148 Å². The summed E-state index contributed by atoms with van der Waals surface area (Å²) in [6.45, 7) is 2.79. The monoisotopic (exact) mass is 343 g/mol. The molecule has 3 rings (SSSR count). The fourth-order valence-electron chi connectivity index (χ4n) is 3.56. The highest BCUT2D eigenvalue weighted by molar-refractivity contribution is 5.84. The van der Waals surface area contributed by atoms with Crippen LogP contribution in [0.5, 0.6) is 5.75 Å². The van der Waals surface area contributed by atoms with Gasteiger partial charge in [0.1, 0.15) is 5.75 Å². The minimum Gasteiger partial charge on any atom is -0.497 e. The lowest BCUT2D eigenvalue weighted by Crippen LogP contribution is -2.38. The molecule has 2 unspecified atom stereocenters. The van der Waals surface area contributed by atoms with Gasteiger partial charge in [-0.15, -0.1) is 0 Å². The molecule has 2 aromatic rings. The zero-order valence-corrected chi connectivity index (χ0v) is 14.9.